The van der Waals surface area contributed by atoms with Crippen molar-refractivity contribution < 1.29 is 19.0 Å². The fourth-order valence-corrected chi connectivity index (χ4v) is 6.57. The summed E-state index contributed by atoms with van der Waals surface area (Å²) in [6.45, 7) is 9.75. The molecule has 3 fully saturated rings. The molecular formula is C29H36FN2O3-. The van der Waals surface area contributed by atoms with Gasteiger partial charge in [-0.15, -0.1) is 0 Å². The maximum Gasteiger partial charge on any atom is 0.137 e. The van der Waals surface area contributed by atoms with Gasteiger partial charge in [0.15, 0.2) is 0 Å². The van der Waals surface area contributed by atoms with Crippen molar-refractivity contribution in [1.29, 1.82) is 0 Å². The van der Waals surface area contributed by atoms with Crippen molar-refractivity contribution in [1.82, 2.24) is 9.80 Å². The SMILES string of the molecule is CCCCOc1cccc(-c2cc3c(cc2F)[C@H](N(C(=O)[O-])[C@@H]2CN4CCC2CC4)C(C)(C)C3)c1. The van der Waals surface area contributed by atoms with Gasteiger partial charge in [0.25, 0.3) is 0 Å². The molecule has 188 valence electrons. The number of piperidine rings is 3. The lowest BCUT2D eigenvalue weighted by molar-refractivity contribution is -0.276. The normalized spacial score (nSPS) is 26.4. The third-order valence-corrected chi connectivity index (χ3v) is 8.29. The molecule has 0 spiro atoms. The predicted molar refractivity (Wildman–Crippen MR) is 133 cm³/mol. The summed E-state index contributed by atoms with van der Waals surface area (Å²) in [4.78, 5) is 16.5. The third-order valence-electron chi connectivity index (χ3n) is 8.29. The minimum atomic E-state index is -1.14. The highest BCUT2D eigenvalue weighted by molar-refractivity contribution is 5.69. The van der Waals surface area contributed by atoms with E-state index in [1.807, 2.05) is 30.3 Å². The average molecular weight is 480 g/mol. The standard InChI is InChI=1S/C29H37FN2O3/c1-4-5-13-35-22-8-6-7-20(14-22)23-15-21-17-29(2,3)27(24(21)16-25(23)30)32(28(33)34)26-18-31-11-9-19(26)10-12-31/h6-8,14-16,19,26-27H,4-5,9-13,17-18H2,1-3H3,(H,33,34)/p-1/t26-,27+/m1/s1. The summed E-state index contributed by atoms with van der Waals surface area (Å²) in [6.07, 6.45) is 3.60. The lowest BCUT2D eigenvalue weighted by Crippen LogP contribution is -2.62. The number of fused-ring (bicyclic) bond motifs is 4. The number of rotatable bonds is 7. The van der Waals surface area contributed by atoms with E-state index in [4.69, 9.17) is 4.74 Å². The van der Waals surface area contributed by atoms with Gasteiger partial charge in [0.2, 0.25) is 0 Å². The Labute approximate surface area is 207 Å². The van der Waals surface area contributed by atoms with Crippen molar-refractivity contribution >= 4 is 6.09 Å². The van der Waals surface area contributed by atoms with Crippen LogP contribution in [0.5, 0.6) is 5.75 Å². The van der Waals surface area contributed by atoms with E-state index in [-0.39, 0.29) is 17.3 Å². The molecule has 2 bridgehead atoms. The van der Waals surface area contributed by atoms with Crippen LogP contribution in [0.4, 0.5) is 9.18 Å². The highest BCUT2D eigenvalue weighted by atomic mass is 19.1. The number of halogens is 1. The first kappa shape index (κ1) is 24.1. The third kappa shape index (κ3) is 4.53. The van der Waals surface area contributed by atoms with Crippen molar-refractivity contribution in [3.8, 4) is 16.9 Å². The van der Waals surface area contributed by atoms with E-state index in [1.165, 1.54) is 0 Å². The van der Waals surface area contributed by atoms with E-state index in [9.17, 15) is 9.90 Å². The lowest BCUT2D eigenvalue weighted by atomic mass is 9.79. The molecule has 6 rings (SSSR count). The molecule has 0 aromatic heterocycles. The van der Waals surface area contributed by atoms with Crippen LogP contribution in [0.3, 0.4) is 0 Å². The van der Waals surface area contributed by atoms with Crippen LogP contribution in [0.1, 0.15) is 63.6 Å². The van der Waals surface area contributed by atoms with E-state index < -0.39 is 12.1 Å². The number of carbonyl (C=O) groups excluding carboxylic acids is 1. The van der Waals surface area contributed by atoms with Gasteiger partial charge in [0.1, 0.15) is 17.7 Å². The molecule has 6 heteroatoms. The second kappa shape index (κ2) is 9.45. The first-order chi connectivity index (χ1) is 16.8. The molecule has 3 heterocycles. The number of hydrogen-bond acceptors (Lipinski definition) is 4. The largest absolute Gasteiger partial charge is 0.530 e. The van der Waals surface area contributed by atoms with Gasteiger partial charge < -0.3 is 24.4 Å². The quantitative estimate of drug-likeness (QED) is 0.523. The molecule has 4 aliphatic rings. The van der Waals surface area contributed by atoms with E-state index >= 15 is 4.39 Å². The summed E-state index contributed by atoms with van der Waals surface area (Å²) in [5.41, 5.74) is 2.75. The van der Waals surface area contributed by atoms with Crippen LogP contribution in [0, 0.1) is 17.2 Å². The Morgan fingerprint density at radius 2 is 2.00 bits per heavy atom. The second-order valence-corrected chi connectivity index (χ2v) is 11.2. The number of benzene rings is 2. The van der Waals surface area contributed by atoms with Crippen LogP contribution < -0.4 is 9.84 Å². The number of nitrogens with zero attached hydrogens (tertiary/aromatic N) is 2. The fourth-order valence-electron chi connectivity index (χ4n) is 6.57. The van der Waals surface area contributed by atoms with Crippen molar-refractivity contribution in [3.05, 3.63) is 53.3 Å². The molecule has 0 unspecified atom stereocenters. The molecule has 1 aliphatic carbocycles. The second-order valence-electron chi connectivity index (χ2n) is 11.2. The first-order valence-electron chi connectivity index (χ1n) is 13.1. The zero-order valence-corrected chi connectivity index (χ0v) is 21.1. The van der Waals surface area contributed by atoms with E-state index in [1.54, 1.807) is 11.0 Å². The summed E-state index contributed by atoms with van der Waals surface area (Å²) in [5.74, 6) is 0.751. The molecule has 2 atom stereocenters. The fraction of sp³-hybridized carbons (Fsp3) is 0.552. The van der Waals surface area contributed by atoms with E-state index in [0.29, 0.717) is 24.5 Å². The van der Waals surface area contributed by atoms with Crippen molar-refractivity contribution in [2.45, 2.75) is 65.0 Å². The van der Waals surface area contributed by atoms with E-state index in [2.05, 4.69) is 25.7 Å². The minimum absolute atomic E-state index is 0.0996. The van der Waals surface area contributed by atoms with Gasteiger partial charge in [-0.2, -0.15) is 0 Å². The summed E-state index contributed by atoms with van der Waals surface area (Å²) < 4.78 is 21.5. The maximum atomic E-state index is 15.6. The Hall–Kier alpha value is -2.60. The van der Waals surface area contributed by atoms with Crippen LogP contribution >= 0.6 is 0 Å². The van der Waals surface area contributed by atoms with Crippen LogP contribution in [0.25, 0.3) is 11.1 Å². The lowest BCUT2D eigenvalue weighted by Gasteiger charge is -2.53. The van der Waals surface area contributed by atoms with E-state index in [0.717, 1.165) is 67.8 Å². The summed E-state index contributed by atoms with van der Waals surface area (Å²) >= 11 is 0. The maximum absolute atomic E-state index is 15.6. The van der Waals surface area contributed by atoms with Gasteiger partial charge >= 0.3 is 0 Å². The number of unbranched alkanes of at least 4 members (excludes halogenated alkanes) is 1. The zero-order valence-electron chi connectivity index (χ0n) is 21.1. The molecular weight excluding hydrogens is 443 g/mol. The molecule has 0 saturated carbocycles. The summed E-state index contributed by atoms with van der Waals surface area (Å²) in [7, 11) is 0. The Bertz CT molecular complexity index is 1090. The number of hydrogen-bond donors (Lipinski definition) is 0. The average Bonchev–Trinajstić information content (AvgIpc) is 3.09. The van der Waals surface area contributed by atoms with Crippen LogP contribution in [0.15, 0.2) is 36.4 Å². The predicted octanol–water partition coefficient (Wildman–Crippen LogP) is 5.03. The van der Waals surface area contributed by atoms with Gasteiger partial charge in [-0.25, -0.2) is 4.39 Å². The molecule has 5 nitrogen and oxygen atoms in total. The smallest absolute Gasteiger partial charge is 0.137 e. The zero-order chi connectivity index (χ0) is 24.7. The van der Waals surface area contributed by atoms with Gasteiger partial charge in [-0.05, 0) is 91.1 Å². The van der Waals surface area contributed by atoms with Crippen LogP contribution in [-0.4, -0.2) is 48.2 Å². The molecule has 0 N–H and O–H groups in total. The Balaban J connectivity index is 1.49. The number of carbonyl (C=O) groups is 1. The number of carboxylic acid groups (broad SMARTS) is 1. The van der Waals surface area contributed by atoms with Crippen LogP contribution in [0.2, 0.25) is 0 Å². The number of amides is 1. The molecule has 2 aromatic carbocycles. The molecule has 35 heavy (non-hydrogen) atoms. The highest BCUT2D eigenvalue weighted by Gasteiger charge is 2.48. The Kier molecular flexibility index (Phi) is 6.51. The molecule has 1 amide bonds. The first-order valence-corrected chi connectivity index (χ1v) is 13.1. The van der Waals surface area contributed by atoms with Gasteiger partial charge in [-0.3, -0.25) is 0 Å². The topological polar surface area (TPSA) is 55.8 Å². The summed E-state index contributed by atoms with van der Waals surface area (Å²) in [5, 5.41) is 12.6. The van der Waals surface area contributed by atoms with Gasteiger partial charge in [0.05, 0.1) is 12.6 Å². The van der Waals surface area contributed by atoms with Crippen molar-refractivity contribution in [2.75, 3.05) is 26.2 Å². The van der Waals surface area contributed by atoms with Crippen molar-refractivity contribution in [3.63, 3.8) is 0 Å². The molecule has 3 saturated heterocycles. The monoisotopic (exact) mass is 479 g/mol. The highest BCUT2D eigenvalue weighted by Crippen LogP contribution is 2.52. The Morgan fingerprint density at radius 3 is 2.66 bits per heavy atom. The summed E-state index contributed by atoms with van der Waals surface area (Å²) in [6, 6.07) is 10.6. The molecule has 2 aromatic rings. The Morgan fingerprint density at radius 1 is 1.23 bits per heavy atom. The van der Waals surface area contributed by atoms with Crippen molar-refractivity contribution in [2.24, 2.45) is 11.3 Å². The van der Waals surface area contributed by atoms with Gasteiger partial charge in [0, 0.05) is 18.2 Å². The van der Waals surface area contributed by atoms with Crippen LogP contribution in [-0.2, 0) is 6.42 Å². The minimum Gasteiger partial charge on any atom is -0.530 e. The molecule has 3 aliphatic heterocycles. The van der Waals surface area contributed by atoms with Gasteiger partial charge in [-0.1, -0.05) is 39.3 Å². The molecule has 0 radical (unpaired) electrons. The number of ether oxygens (including phenoxy) is 1.